The quantitative estimate of drug-likeness (QED) is 0.830. The van der Waals surface area contributed by atoms with E-state index in [4.69, 9.17) is 0 Å². The van der Waals surface area contributed by atoms with Crippen LogP contribution >= 0.6 is 0 Å². The third kappa shape index (κ3) is 2.80. The fourth-order valence-electron chi connectivity index (χ4n) is 4.19. The second-order valence-corrected chi connectivity index (χ2v) is 7.01. The first-order valence-corrected chi connectivity index (χ1v) is 8.39. The Kier molecular flexibility index (Phi) is 4.20. The number of fused-ring (bicyclic) bond motifs is 1. The Morgan fingerprint density at radius 1 is 1.29 bits per heavy atom. The zero-order valence-corrected chi connectivity index (χ0v) is 13.2. The molecule has 2 amide bonds. The summed E-state index contributed by atoms with van der Waals surface area (Å²) in [5.41, 5.74) is 0. The summed E-state index contributed by atoms with van der Waals surface area (Å²) in [6, 6.07) is 0.266. The highest BCUT2D eigenvalue weighted by molar-refractivity contribution is 5.89. The maximum atomic E-state index is 12.7. The normalized spacial score (nSPS) is 33.6. The van der Waals surface area contributed by atoms with Crippen molar-refractivity contribution in [3.63, 3.8) is 0 Å². The van der Waals surface area contributed by atoms with Crippen LogP contribution in [0.1, 0.15) is 33.1 Å². The van der Waals surface area contributed by atoms with E-state index in [1.54, 1.807) is 0 Å². The fourth-order valence-corrected chi connectivity index (χ4v) is 4.19. The van der Waals surface area contributed by atoms with Crippen LogP contribution in [-0.2, 0) is 9.59 Å². The van der Waals surface area contributed by atoms with Crippen LogP contribution in [0.5, 0.6) is 0 Å². The molecule has 2 unspecified atom stereocenters. The minimum Gasteiger partial charge on any atom is -0.342 e. The van der Waals surface area contributed by atoms with Crippen LogP contribution in [0.25, 0.3) is 0 Å². The van der Waals surface area contributed by atoms with Crippen molar-refractivity contribution in [2.75, 3.05) is 32.7 Å². The van der Waals surface area contributed by atoms with Gasteiger partial charge in [-0.15, -0.1) is 0 Å². The smallest absolute Gasteiger partial charge is 0.228 e. The molecule has 0 aromatic carbocycles. The number of hydrogen-bond acceptors (Lipinski definition) is 3. The number of amides is 2. The predicted molar refractivity (Wildman–Crippen MR) is 80.6 cm³/mol. The van der Waals surface area contributed by atoms with Crippen molar-refractivity contribution in [3.05, 3.63) is 0 Å². The van der Waals surface area contributed by atoms with E-state index in [-0.39, 0.29) is 23.8 Å². The summed E-state index contributed by atoms with van der Waals surface area (Å²) in [7, 11) is 0. The average molecular weight is 293 g/mol. The van der Waals surface area contributed by atoms with Crippen LogP contribution in [0.15, 0.2) is 0 Å². The molecule has 0 spiro atoms. The lowest BCUT2D eigenvalue weighted by molar-refractivity contribution is -0.135. The van der Waals surface area contributed by atoms with Crippen molar-refractivity contribution in [1.29, 1.82) is 0 Å². The maximum Gasteiger partial charge on any atom is 0.228 e. The molecule has 3 aliphatic rings. The number of nitrogens with zero attached hydrogens (tertiary/aromatic N) is 2. The first kappa shape index (κ1) is 14.8. The molecule has 3 heterocycles. The second kappa shape index (κ2) is 5.95. The Balaban J connectivity index is 1.58. The Morgan fingerprint density at radius 3 is 2.57 bits per heavy atom. The average Bonchev–Trinajstić information content (AvgIpc) is 3.11. The molecule has 21 heavy (non-hydrogen) atoms. The topological polar surface area (TPSA) is 52.7 Å². The first-order valence-electron chi connectivity index (χ1n) is 8.39. The number of carbonyl (C=O) groups excluding carboxylic acids is 2. The van der Waals surface area contributed by atoms with Crippen LogP contribution in [0, 0.1) is 17.8 Å². The summed E-state index contributed by atoms with van der Waals surface area (Å²) in [5, 5.41) is 3.40. The molecule has 0 bridgehead atoms. The lowest BCUT2D eigenvalue weighted by atomic mass is 10.0. The molecular formula is C16H27N3O2. The molecule has 3 fully saturated rings. The summed E-state index contributed by atoms with van der Waals surface area (Å²) >= 11 is 0. The molecule has 5 nitrogen and oxygen atoms in total. The Labute approximate surface area is 127 Å². The van der Waals surface area contributed by atoms with Gasteiger partial charge in [0, 0.05) is 45.2 Å². The van der Waals surface area contributed by atoms with E-state index < -0.39 is 0 Å². The molecule has 0 radical (unpaired) electrons. The zero-order valence-electron chi connectivity index (χ0n) is 13.2. The molecular weight excluding hydrogens is 266 g/mol. The molecule has 4 atom stereocenters. The van der Waals surface area contributed by atoms with E-state index in [1.807, 2.05) is 9.80 Å². The van der Waals surface area contributed by atoms with Gasteiger partial charge in [-0.25, -0.2) is 0 Å². The Bertz CT molecular complexity index is 414. The lowest BCUT2D eigenvalue weighted by Crippen LogP contribution is -2.39. The highest BCUT2D eigenvalue weighted by atomic mass is 16.2. The largest absolute Gasteiger partial charge is 0.342 e. The van der Waals surface area contributed by atoms with Crippen molar-refractivity contribution in [1.82, 2.24) is 15.1 Å². The number of hydrogen-bond donors (Lipinski definition) is 1. The predicted octanol–water partition coefficient (Wildman–Crippen LogP) is 0.701. The van der Waals surface area contributed by atoms with E-state index in [1.165, 1.54) is 0 Å². The van der Waals surface area contributed by atoms with E-state index in [0.717, 1.165) is 39.0 Å². The maximum absolute atomic E-state index is 12.7. The van der Waals surface area contributed by atoms with Gasteiger partial charge in [0.15, 0.2) is 0 Å². The van der Waals surface area contributed by atoms with Crippen molar-refractivity contribution in [3.8, 4) is 0 Å². The molecule has 3 rings (SSSR count). The highest BCUT2D eigenvalue weighted by Crippen LogP contribution is 2.30. The van der Waals surface area contributed by atoms with Gasteiger partial charge in [0.1, 0.15) is 0 Å². The second-order valence-electron chi connectivity index (χ2n) is 7.01. The number of rotatable bonds is 4. The number of likely N-dealkylation sites (tertiary alicyclic amines) is 2. The van der Waals surface area contributed by atoms with Gasteiger partial charge in [0.05, 0.1) is 5.92 Å². The van der Waals surface area contributed by atoms with Gasteiger partial charge in [0.2, 0.25) is 11.8 Å². The summed E-state index contributed by atoms with van der Waals surface area (Å²) in [6.07, 6.45) is 2.51. The molecule has 118 valence electrons. The Hall–Kier alpha value is -1.10. The van der Waals surface area contributed by atoms with Crippen molar-refractivity contribution < 1.29 is 9.59 Å². The molecule has 3 saturated heterocycles. The zero-order chi connectivity index (χ0) is 15.0. The van der Waals surface area contributed by atoms with Gasteiger partial charge in [-0.3, -0.25) is 9.59 Å². The Morgan fingerprint density at radius 2 is 1.95 bits per heavy atom. The number of nitrogens with one attached hydrogen (secondary N) is 1. The van der Waals surface area contributed by atoms with Crippen LogP contribution < -0.4 is 5.32 Å². The van der Waals surface area contributed by atoms with Gasteiger partial charge in [-0.05, 0) is 25.2 Å². The molecule has 0 aliphatic carbocycles. The van der Waals surface area contributed by atoms with E-state index in [2.05, 4.69) is 19.2 Å². The lowest BCUT2D eigenvalue weighted by Gasteiger charge is -2.25. The first-order chi connectivity index (χ1) is 10.1. The van der Waals surface area contributed by atoms with Crippen molar-refractivity contribution >= 4 is 11.8 Å². The molecule has 1 N–H and O–H groups in total. The van der Waals surface area contributed by atoms with Gasteiger partial charge < -0.3 is 15.1 Å². The van der Waals surface area contributed by atoms with Crippen molar-refractivity contribution in [2.45, 2.75) is 39.2 Å². The van der Waals surface area contributed by atoms with Crippen molar-refractivity contribution in [2.24, 2.45) is 17.8 Å². The molecule has 0 saturated carbocycles. The standard InChI is InChI=1S/C16H27N3O2/c1-3-4-11(2)19-10-12(5-15(19)20)16(21)18-8-13-6-17-7-14(13)9-18/h11-14,17H,3-10H2,1-2H3/t11?,12?,13-,14+. The summed E-state index contributed by atoms with van der Waals surface area (Å²) in [5.74, 6) is 1.52. The minimum absolute atomic E-state index is 0.108. The highest BCUT2D eigenvalue weighted by Gasteiger charge is 2.43. The van der Waals surface area contributed by atoms with E-state index >= 15 is 0 Å². The third-order valence-electron chi connectivity index (χ3n) is 5.45. The van der Waals surface area contributed by atoms with Gasteiger partial charge in [-0.1, -0.05) is 13.3 Å². The molecule has 5 heteroatoms. The van der Waals surface area contributed by atoms with Gasteiger partial charge in [0.25, 0.3) is 0 Å². The molecule has 0 aromatic heterocycles. The van der Waals surface area contributed by atoms with Crippen LogP contribution in [0.4, 0.5) is 0 Å². The summed E-state index contributed by atoms with van der Waals surface area (Å²) in [6.45, 7) is 8.70. The third-order valence-corrected chi connectivity index (χ3v) is 5.45. The van der Waals surface area contributed by atoms with Crippen LogP contribution in [0.2, 0.25) is 0 Å². The van der Waals surface area contributed by atoms with Crippen LogP contribution in [0.3, 0.4) is 0 Å². The number of carbonyl (C=O) groups is 2. The van der Waals surface area contributed by atoms with E-state index in [9.17, 15) is 9.59 Å². The molecule has 0 aromatic rings. The minimum atomic E-state index is -0.108. The van der Waals surface area contributed by atoms with E-state index in [0.29, 0.717) is 24.8 Å². The summed E-state index contributed by atoms with van der Waals surface area (Å²) < 4.78 is 0. The van der Waals surface area contributed by atoms with Gasteiger partial charge in [-0.2, -0.15) is 0 Å². The summed E-state index contributed by atoms with van der Waals surface area (Å²) in [4.78, 5) is 28.8. The van der Waals surface area contributed by atoms with Gasteiger partial charge >= 0.3 is 0 Å². The fraction of sp³-hybridized carbons (Fsp3) is 0.875. The SMILES string of the molecule is CCCC(C)N1CC(C(=O)N2C[C@H]3CNC[C@H]3C2)CC1=O. The van der Waals surface area contributed by atoms with Crippen LogP contribution in [-0.4, -0.2) is 60.4 Å². The molecule has 3 aliphatic heterocycles. The monoisotopic (exact) mass is 293 g/mol.